The van der Waals surface area contributed by atoms with Gasteiger partial charge in [-0.25, -0.2) is 0 Å². The third-order valence-corrected chi connectivity index (χ3v) is 6.01. The number of aliphatic imine (C=N–C) groups is 1. The van der Waals surface area contributed by atoms with Crippen molar-refractivity contribution < 1.29 is 4.21 Å². The molecular formula is C19H32IN3OS. The molecular weight excluding hydrogens is 445 g/mol. The normalized spacial score (nSPS) is 18.9. The minimum atomic E-state index is -0.852. The molecule has 1 saturated carbocycles. The molecule has 2 N–H and O–H groups in total. The minimum Gasteiger partial charge on any atom is -0.355 e. The van der Waals surface area contributed by atoms with Gasteiger partial charge in [-0.1, -0.05) is 44.2 Å². The summed E-state index contributed by atoms with van der Waals surface area (Å²) in [6, 6.07) is 10.5. The monoisotopic (exact) mass is 477 g/mol. The Bertz CT molecular complexity index is 553. The van der Waals surface area contributed by atoms with E-state index in [0.717, 1.165) is 11.5 Å². The molecule has 0 radical (unpaired) electrons. The second-order valence-electron chi connectivity index (χ2n) is 7.36. The van der Waals surface area contributed by atoms with Crippen molar-refractivity contribution in [2.75, 3.05) is 19.3 Å². The van der Waals surface area contributed by atoms with Crippen LogP contribution in [0, 0.1) is 5.41 Å². The van der Waals surface area contributed by atoms with E-state index < -0.39 is 10.8 Å². The maximum Gasteiger partial charge on any atom is 0.191 e. The number of guanidine groups is 1. The predicted octanol–water partition coefficient (Wildman–Crippen LogP) is 3.69. The summed E-state index contributed by atoms with van der Waals surface area (Å²) in [5.41, 5.74) is 1.60. The van der Waals surface area contributed by atoms with E-state index in [2.05, 4.69) is 29.5 Å². The molecule has 0 spiro atoms. The van der Waals surface area contributed by atoms with Gasteiger partial charge in [0, 0.05) is 41.9 Å². The maximum atomic E-state index is 12.2. The number of hydrogen-bond acceptors (Lipinski definition) is 2. The second-order valence-corrected chi connectivity index (χ2v) is 8.93. The van der Waals surface area contributed by atoms with E-state index in [4.69, 9.17) is 0 Å². The first kappa shape index (κ1) is 22.4. The lowest BCUT2D eigenvalue weighted by atomic mass is 9.75. The van der Waals surface area contributed by atoms with Gasteiger partial charge in [0.2, 0.25) is 0 Å². The Morgan fingerprint density at radius 3 is 2.48 bits per heavy atom. The zero-order valence-corrected chi connectivity index (χ0v) is 18.7. The Morgan fingerprint density at radius 1 is 1.24 bits per heavy atom. The summed E-state index contributed by atoms with van der Waals surface area (Å²) in [7, 11) is 0.943. The Kier molecular flexibility index (Phi) is 10.0. The zero-order chi connectivity index (χ0) is 17.4. The van der Waals surface area contributed by atoms with Gasteiger partial charge in [0.1, 0.15) is 0 Å². The molecule has 0 amide bonds. The summed E-state index contributed by atoms with van der Waals surface area (Å²) in [5.74, 6) is 2.08. The second kappa shape index (κ2) is 11.2. The van der Waals surface area contributed by atoms with E-state index in [0.29, 0.717) is 29.5 Å². The van der Waals surface area contributed by atoms with Crippen molar-refractivity contribution in [3.8, 4) is 0 Å². The Morgan fingerprint density at radius 2 is 1.88 bits per heavy atom. The maximum absolute atomic E-state index is 12.2. The molecule has 1 aromatic rings. The van der Waals surface area contributed by atoms with Crippen molar-refractivity contribution >= 4 is 40.7 Å². The van der Waals surface area contributed by atoms with Gasteiger partial charge in [-0.3, -0.25) is 9.20 Å². The van der Waals surface area contributed by atoms with E-state index in [1.165, 1.54) is 25.7 Å². The summed E-state index contributed by atoms with van der Waals surface area (Å²) in [5, 5.41) is 6.81. The molecule has 142 valence electrons. The Labute approximate surface area is 172 Å². The molecule has 4 nitrogen and oxygen atoms in total. The summed E-state index contributed by atoms with van der Waals surface area (Å²) < 4.78 is 12.2. The van der Waals surface area contributed by atoms with E-state index in [9.17, 15) is 4.21 Å². The van der Waals surface area contributed by atoms with Gasteiger partial charge in [-0.05, 0) is 36.7 Å². The molecule has 0 aliphatic heterocycles. The molecule has 1 aliphatic carbocycles. The summed E-state index contributed by atoms with van der Waals surface area (Å²) in [6.45, 7) is 5.37. The van der Waals surface area contributed by atoms with Crippen LogP contribution in [0.1, 0.15) is 45.1 Å². The van der Waals surface area contributed by atoms with Gasteiger partial charge in [0.05, 0.1) is 0 Å². The van der Waals surface area contributed by atoms with Gasteiger partial charge < -0.3 is 10.6 Å². The van der Waals surface area contributed by atoms with Crippen molar-refractivity contribution in [3.63, 3.8) is 0 Å². The lowest BCUT2D eigenvalue weighted by molar-refractivity contribution is 0.216. The number of nitrogens with one attached hydrogen (secondary N) is 2. The molecule has 1 unspecified atom stereocenters. The number of halogens is 1. The standard InChI is InChI=1S/C19H31N3OS.HI/c1-19(2)11-9-17(10-12-19)22-18(20-3)21-13-14-24(23)15-16-7-5-4-6-8-16;/h4-8,17H,9-15H2,1-3H3,(H2,20,21,22);1H. The Hall–Kier alpha value is -0.630. The lowest BCUT2D eigenvalue weighted by Crippen LogP contribution is -2.46. The minimum absolute atomic E-state index is 0. The molecule has 6 heteroatoms. The molecule has 0 bridgehead atoms. The number of hydrogen-bond donors (Lipinski definition) is 2. The van der Waals surface area contributed by atoms with Crippen LogP contribution in [0.3, 0.4) is 0 Å². The molecule has 25 heavy (non-hydrogen) atoms. The van der Waals surface area contributed by atoms with Crippen LogP contribution in [0.4, 0.5) is 0 Å². The fourth-order valence-corrected chi connectivity index (χ4v) is 4.09. The van der Waals surface area contributed by atoms with Crippen molar-refractivity contribution in [1.29, 1.82) is 0 Å². The van der Waals surface area contributed by atoms with E-state index in [1.54, 1.807) is 7.05 Å². The Balaban J connectivity index is 0.00000312. The number of nitrogens with zero attached hydrogens (tertiary/aromatic N) is 1. The SMILES string of the molecule is CN=C(NCCS(=O)Cc1ccccc1)NC1CCC(C)(C)CC1.I. The van der Waals surface area contributed by atoms with Crippen molar-refractivity contribution in [2.24, 2.45) is 10.4 Å². The van der Waals surface area contributed by atoms with Gasteiger partial charge in [0.15, 0.2) is 5.96 Å². The predicted molar refractivity (Wildman–Crippen MR) is 119 cm³/mol. The van der Waals surface area contributed by atoms with Crippen LogP contribution < -0.4 is 10.6 Å². The highest BCUT2D eigenvalue weighted by Gasteiger charge is 2.27. The van der Waals surface area contributed by atoms with E-state index in [-0.39, 0.29) is 24.0 Å². The molecule has 0 saturated heterocycles. The number of rotatable bonds is 6. The fraction of sp³-hybridized carbons (Fsp3) is 0.632. The first-order chi connectivity index (χ1) is 11.5. The van der Waals surface area contributed by atoms with Crippen LogP contribution in [-0.4, -0.2) is 35.6 Å². The summed E-state index contributed by atoms with van der Waals surface area (Å²) in [4.78, 5) is 4.29. The lowest BCUT2D eigenvalue weighted by Gasteiger charge is -2.35. The third kappa shape index (κ3) is 8.53. The summed E-state index contributed by atoms with van der Waals surface area (Å²) >= 11 is 0. The summed E-state index contributed by atoms with van der Waals surface area (Å²) in [6.07, 6.45) is 4.88. The molecule has 0 aromatic heterocycles. The molecule has 1 aromatic carbocycles. The zero-order valence-electron chi connectivity index (χ0n) is 15.6. The van der Waals surface area contributed by atoms with Gasteiger partial charge in [-0.15, -0.1) is 24.0 Å². The van der Waals surface area contributed by atoms with Crippen LogP contribution in [0.15, 0.2) is 35.3 Å². The largest absolute Gasteiger partial charge is 0.355 e. The van der Waals surface area contributed by atoms with Crippen LogP contribution >= 0.6 is 24.0 Å². The topological polar surface area (TPSA) is 53.5 Å². The third-order valence-electron chi connectivity index (χ3n) is 4.70. The van der Waals surface area contributed by atoms with Crippen molar-refractivity contribution in [1.82, 2.24) is 10.6 Å². The quantitative estimate of drug-likeness (QED) is 0.374. The highest BCUT2D eigenvalue weighted by atomic mass is 127. The molecule has 1 atom stereocenters. The highest BCUT2D eigenvalue weighted by Crippen LogP contribution is 2.34. The van der Waals surface area contributed by atoms with E-state index >= 15 is 0 Å². The van der Waals surface area contributed by atoms with Gasteiger partial charge in [-0.2, -0.15) is 0 Å². The molecule has 2 rings (SSSR count). The van der Waals surface area contributed by atoms with Gasteiger partial charge >= 0.3 is 0 Å². The first-order valence-electron chi connectivity index (χ1n) is 8.84. The fourth-order valence-electron chi connectivity index (χ4n) is 3.05. The first-order valence-corrected chi connectivity index (χ1v) is 10.3. The van der Waals surface area contributed by atoms with Crippen molar-refractivity contribution in [2.45, 2.75) is 51.3 Å². The van der Waals surface area contributed by atoms with Crippen LogP contribution in [0.2, 0.25) is 0 Å². The average Bonchev–Trinajstić information content (AvgIpc) is 2.56. The number of benzene rings is 1. The highest BCUT2D eigenvalue weighted by molar-refractivity contribution is 14.0. The molecule has 0 heterocycles. The van der Waals surface area contributed by atoms with Gasteiger partial charge in [0.25, 0.3) is 0 Å². The average molecular weight is 477 g/mol. The van der Waals surface area contributed by atoms with Crippen LogP contribution in [0.25, 0.3) is 0 Å². The smallest absolute Gasteiger partial charge is 0.191 e. The molecule has 1 aliphatic rings. The van der Waals surface area contributed by atoms with Crippen LogP contribution in [-0.2, 0) is 16.6 Å². The van der Waals surface area contributed by atoms with Crippen molar-refractivity contribution in [3.05, 3.63) is 35.9 Å². The molecule has 1 fully saturated rings. The van der Waals surface area contributed by atoms with E-state index in [1.807, 2.05) is 30.3 Å². The van der Waals surface area contributed by atoms with Crippen LogP contribution in [0.5, 0.6) is 0 Å².